The Labute approximate surface area is 158 Å². The van der Waals surface area contributed by atoms with Gasteiger partial charge in [-0.05, 0) is 49.8 Å². The zero-order valence-corrected chi connectivity index (χ0v) is 17.0. The highest BCUT2D eigenvalue weighted by Crippen LogP contribution is 2.23. The molecule has 5 nitrogen and oxygen atoms in total. The lowest BCUT2D eigenvalue weighted by Gasteiger charge is -2.11. The zero-order valence-electron chi connectivity index (χ0n) is 16.2. The minimum Gasteiger partial charge on any atom is -0.352 e. The maximum atomic E-state index is 12.4. The first-order valence-electron chi connectivity index (χ1n) is 9.71. The molecule has 2 N–H and O–H groups in total. The molecule has 1 fully saturated rings. The Morgan fingerprint density at radius 3 is 2.50 bits per heavy atom. The van der Waals surface area contributed by atoms with Crippen LogP contribution in [0.4, 0.5) is 0 Å². The molecule has 2 rings (SSSR count). The summed E-state index contributed by atoms with van der Waals surface area (Å²) in [4.78, 5) is 12.6. The van der Waals surface area contributed by atoms with Crippen LogP contribution < -0.4 is 10.0 Å². The molecule has 1 aliphatic rings. The minimum absolute atomic E-state index is 0.0503. The van der Waals surface area contributed by atoms with Crippen LogP contribution in [0.2, 0.25) is 0 Å². The Hall–Kier alpha value is -1.40. The zero-order chi connectivity index (χ0) is 19.2. The maximum Gasteiger partial charge on any atom is 0.251 e. The van der Waals surface area contributed by atoms with Crippen LogP contribution in [0.15, 0.2) is 23.1 Å². The number of hydrogen-bond acceptors (Lipinski definition) is 3. The standard InChI is InChI=1S/C20H32N2O3S/c1-15(2)8-6-4-5-7-13-21-20(23)19-14-18(12-9-16(19)3)26(24,25)22-17-10-11-17/h9,12,14-15,17,22H,4-8,10-11,13H2,1-3H3,(H,21,23). The number of benzene rings is 1. The van der Waals surface area contributed by atoms with Gasteiger partial charge < -0.3 is 5.32 Å². The number of rotatable bonds is 11. The van der Waals surface area contributed by atoms with E-state index < -0.39 is 10.0 Å². The molecule has 1 aromatic rings. The molecular formula is C20H32N2O3S. The molecule has 0 saturated heterocycles. The van der Waals surface area contributed by atoms with Gasteiger partial charge in [0.2, 0.25) is 10.0 Å². The maximum absolute atomic E-state index is 12.4. The van der Waals surface area contributed by atoms with E-state index in [4.69, 9.17) is 0 Å². The molecule has 0 bridgehead atoms. The lowest BCUT2D eigenvalue weighted by molar-refractivity contribution is 0.0952. The van der Waals surface area contributed by atoms with Crippen LogP contribution in [0.1, 0.15) is 74.7 Å². The quantitative estimate of drug-likeness (QED) is 0.574. The van der Waals surface area contributed by atoms with E-state index in [-0.39, 0.29) is 16.8 Å². The third-order valence-electron chi connectivity index (χ3n) is 4.66. The lowest BCUT2D eigenvalue weighted by Crippen LogP contribution is -2.28. The van der Waals surface area contributed by atoms with Crippen molar-refractivity contribution in [2.75, 3.05) is 6.54 Å². The van der Waals surface area contributed by atoms with E-state index in [1.54, 1.807) is 12.1 Å². The van der Waals surface area contributed by atoms with Crippen molar-refractivity contribution in [1.29, 1.82) is 0 Å². The van der Waals surface area contributed by atoms with Crippen LogP contribution in [-0.4, -0.2) is 26.9 Å². The van der Waals surface area contributed by atoms with Crippen LogP contribution in [-0.2, 0) is 10.0 Å². The van der Waals surface area contributed by atoms with Crippen LogP contribution in [0.5, 0.6) is 0 Å². The van der Waals surface area contributed by atoms with Gasteiger partial charge in [0.1, 0.15) is 0 Å². The highest BCUT2D eigenvalue weighted by atomic mass is 32.2. The summed E-state index contributed by atoms with van der Waals surface area (Å²) in [5.74, 6) is 0.545. The Balaban J connectivity index is 1.85. The molecule has 1 saturated carbocycles. The second kappa shape index (κ2) is 9.51. The number of aryl methyl sites for hydroxylation is 1. The topological polar surface area (TPSA) is 75.3 Å². The smallest absolute Gasteiger partial charge is 0.251 e. The molecule has 0 unspecified atom stereocenters. The van der Waals surface area contributed by atoms with E-state index >= 15 is 0 Å². The van der Waals surface area contributed by atoms with E-state index in [0.29, 0.717) is 12.1 Å². The molecule has 146 valence electrons. The first-order chi connectivity index (χ1) is 12.3. The highest BCUT2D eigenvalue weighted by Gasteiger charge is 2.28. The summed E-state index contributed by atoms with van der Waals surface area (Å²) in [5, 5.41) is 2.92. The molecule has 0 aromatic heterocycles. The number of sulfonamides is 1. The van der Waals surface area contributed by atoms with E-state index in [2.05, 4.69) is 23.9 Å². The average molecular weight is 381 g/mol. The molecule has 1 aromatic carbocycles. The van der Waals surface area contributed by atoms with Crippen molar-refractivity contribution >= 4 is 15.9 Å². The van der Waals surface area contributed by atoms with Crippen LogP contribution in [0, 0.1) is 12.8 Å². The Morgan fingerprint density at radius 2 is 1.85 bits per heavy atom. The first-order valence-corrected chi connectivity index (χ1v) is 11.2. The third-order valence-corrected chi connectivity index (χ3v) is 6.18. The van der Waals surface area contributed by atoms with Gasteiger partial charge in [0.15, 0.2) is 0 Å². The minimum atomic E-state index is -3.54. The summed E-state index contributed by atoms with van der Waals surface area (Å²) in [6.45, 7) is 6.91. The molecular weight excluding hydrogens is 348 g/mol. The Kier molecular flexibility index (Phi) is 7.65. The monoisotopic (exact) mass is 380 g/mol. The van der Waals surface area contributed by atoms with Gasteiger partial charge in [-0.2, -0.15) is 0 Å². The molecule has 0 radical (unpaired) electrons. The van der Waals surface area contributed by atoms with Crippen LogP contribution >= 0.6 is 0 Å². The summed E-state index contributed by atoms with van der Waals surface area (Å²) >= 11 is 0. The van der Waals surface area contributed by atoms with Crippen molar-refractivity contribution in [2.24, 2.45) is 5.92 Å². The summed E-state index contributed by atoms with van der Waals surface area (Å²) < 4.78 is 27.3. The lowest BCUT2D eigenvalue weighted by atomic mass is 10.0. The molecule has 0 spiro atoms. The number of carbonyl (C=O) groups excluding carboxylic acids is 1. The number of carbonyl (C=O) groups is 1. The molecule has 26 heavy (non-hydrogen) atoms. The van der Waals surface area contributed by atoms with E-state index in [1.165, 1.54) is 25.3 Å². The summed E-state index contributed by atoms with van der Waals surface area (Å²) in [6, 6.07) is 4.79. The molecule has 0 aliphatic heterocycles. The Bertz CT molecular complexity index is 710. The van der Waals surface area contributed by atoms with Gasteiger partial charge >= 0.3 is 0 Å². The predicted octanol–water partition coefficient (Wildman–Crippen LogP) is 3.77. The van der Waals surface area contributed by atoms with Crippen LogP contribution in [0.25, 0.3) is 0 Å². The van der Waals surface area contributed by atoms with Gasteiger partial charge in [-0.3, -0.25) is 4.79 Å². The fourth-order valence-electron chi connectivity index (χ4n) is 2.83. The normalized spacial score (nSPS) is 14.6. The largest absolute Gasteiger partial charge is 0.352 e. The molecule has 1 aliphatic carbocycles. The number of unbranched alkanes of at least 4 members (excludes halogenated alkanes) is 3. The van der Waals surface area contributed by atoms with E-state index in [9.17, 15) is 13.2 Å². The van der Waals surface area contributed by atoms with Gasteiger partial charge in [0, 0.05) is 18.2 Å². The van der Waals surface area contributed by atoms with Crippen molar-refractivity contribution in [3.05, 3.63) is 29.3 Å². The molecule has 1 amide bonds. The van der Waals surface area contributed by atoms with Crippen molar-refractivity contribution in [3.8, 4) is 0 Å². The second-order valence-electron chi connectivity index (χ2n) is 7.72. The van der Waals surface area contributed by atoms with Gasteiger partial charge in [-0.15, -0.1) is 0 Å². The van der Waals surface area contributed by atoms with Gasteiger partial charge in [0.25, 0.3) is 5.91 Å². The highest BCUT2D eigenvalue weighted by molar-refractivity contribution is 7.89. The molecule has 0 heterocycles. The van der Waals surface area contributed by atoms with Crippen molar-refractivity contribution in [1.82, 2.24) is 10.0 Å². The van der Waals surface area contributed by atoms with Gasteiger partial charge in [0.05, 0.1) is 4.90 Å². The fraction of sp³-hybridized carbons (Fsp3) is 0.650. The van der Waals surface area contributed by atoms with Crippen molar-refractivity contribution in [3.63, 3.8) is 0 Å². The number of nitrogens with one attached hydrogen (secondary N) is 2. The molecule has 6 heteroatoms. The van der Waals surface area contributed by atoms with Crippen LogP contribution in [0.3, 0.4) is 0 Å². The van der Waals surface area contributed by atoms with Gasteiger partial charge in [-0.1, -0.05) is 45.6 Å². The number of amides is 1. The summed E-state index contributed by atoms with van der Waals surface area (Å²) in [5.41, 5.74) is 1.22. The van der Waals surface area contributed by atoms with E-state index in [0.717, 1.165) is 37.2 Å². The average Bonchev–Trinajstić information content (AvgIpc) is 3.37. The Morgan fingerprint density at radius 1 is 1.15 bits per heavy atom. The summed E-state index contributed by atoms with van der Waals surface area (Å²) in [6.07, 6.45) is 7.50. The third kappa shape index (κ3) is 6.72. The number of hydrogen-bond donors (Lipinski definition) is 2. The molecule has 0 atom stereocenters. The van der Waals surface area contributed by atoms with Crippen molar-refractivity contribution in [2.45, 2.75) is 76.7 Å². The SMILES string of the molecule is Cc1ccc(S(=O)(=O)NC2CC2)cc1C(=O)NCCCCCCC(C)C. The first kappa shape index (κ1) is 20.9. The summed E-state index contributed by atoms with van der Waals surface area (Å²) in [7, 11) is -3.54. The second-order valence-corrected chi connectivity index (χ2v) is 9.44. The van der Waals surface area contributed by atoms with Crippen molar-refractivity contribution < 1.29 is 13.2 Å². The van der Waals surface area contributed by atoms with E-state index in [1.807, 2.05) is 6.92 Å². The predicted molar refractivity (Wildman–Crippen MR) is 105 cm³/mol. The fourth-order valence-corrected chi connectivity index (χ4v) is 4.16. The van der Waals surface area contributed by atoms with Gasteiger partial charge in [-0.25, -0.2) is 13.1 Å².